The lowest BCUT2D eigenvalue weighted by atomic mass is 10.1. The SMILES string of the molecule is COC(=O)c1ccc(CC(=O)Nc2cc(-c3ccc(OC(F)(F)F)cc3)cs2)nc1. The van der Waals surface area contributed by atoms with Crippen LogP contribution in [-0.2, 0) is 16.0 Å². The van der Waals surface area contributed by atoms with Crippen LogP contribution in [0, 0.1) is 0 Å². The molecule has 2 heterocycles. The third-order valence-electron chi connectivity index (χ3n) is 3.87. The third-order valence-corrected chi connectivity index (χ3v) is 4.72. The number of nitrogens with one attached hydrogen (secondary N) is 1. The number of pyridine rings is 1. The first-order valence-corrected chi connectivity index (χ1v) is 9.39. The van der Waals surface area contributed by atoms with Crippen LogP contribution in [-0.4, -0.2) is 30.3 Å². The second kappa shape index (κ2) is 8.95. The summed E-state index contributed by atoms with van der Waals surface area (Å²) in [6.45, 7) is 0. The Morgan fingerprint density at radius 3 is 2.43 bits per heavy atom. The van der Waals surface area contributed by atoms with E-state index in [2.05, 4.69) is 19.8 Å². The van der Waals surface area contributed by atoms with Crippen molar-refractivity contribution in [1.82, 2.24) is 4.98 Å². The highest BCUT2D eigenvalue weighted by Crippen LogP contribution is 2.31. The molecule has 0 unspecified atom stereocenters. The van der Waals surface area contributed by atoms with Crippen LogP contribution in [0.15, 0.2) is 54.0 Å². The molecule has 0 radical (unpaired) electrons. The molecule has 10 heteroatoms. The highest BCUT2D eigenvalue weighted by atomic mass is 32.1. The van der Waals surface area contributed by atoms with Gasteiger partial charge in [-0.25, -0.2) is 4.79 Å². The molecule has 6 nitrogen and oxygen atoms in total. The molecular weight excluding hydrogens is 421 g/mol. The van der Waals surface area contributed by atoms with Gasteiger partial charge in [0.2, 0.25) is 5.91 Å². The summed E-state index contributed by atoms with van der Waals surface area (Å²) in [4.78, 5) is 27.7. The van der Waals surface area contributed by atoms with Crippen molar-refractivity contribution in [2.24, 2.45) is 0 Å². The topological polar surface area (TPSA) is 77.5 Å². The Labute approximate surface area is 173 Å². The molecule has 2 aromatic heterocycles. The average molecular weight is 436 g/mol. The van der Waals surface area contributed by atoms with Crippen LogP contribution in [0.5, 0.6) is 5.75 Å². The van der Waals surface area contributed by atoms with Crippen LogP contribution in [0.4, 0.5) is 18.2 Å². The molecule has 30 heavy (non-hydrogen) atoms. The molecule has 0 atom stereocenters. The number of carbonyl (C=O) groups excluding carboxylic acids is 2. The zero-order chi connectivity index (χ0) is 21.7. The molecule has 0 saturated heterocycles. The van der Waals surface area contributed by atoms with E-state index in [1.165, 1.54) is 55.0 Å². The van der Waals surface area contributed by atoms with Crippen LogP contribution in [0.1, 0.15) is 16.1 Å². The number of anilines is 1. The van der Waals surface area contributed by atoms with Crippen molar-refractivity contribution in [2.45, 2.75) is 12.8 Å². The third kappa shape index (κ3) is 5.80. The number of hydrogen-bond acceptors (Lipinski definition) is 6. The second-order valence-electron chi connectivity index (χ2n) is 6.03. The number of ether oxygens (including phenoxy) is 2. The lowest BCUT2D eigenvalue weighted by molar-refractivity contribution is -0.274. The van der Waals surface area contributed by atoms with Crippen LogP contribution >= 0.6 is 11.3 Å². The fourth-order valence-corrected chi connectivity index (χ4v) is 3.34. The summed E-state index contributed by atoms with van der Waals surface area (Å²) in [6.07, 6.45) is -3.39. The minimum Gasteiger partial charge on any atom is -0.465 e. The smallest absolute Gasteiger partial charge is 0.465 e. The maximum Gasteiger partial charge on any atom is 0.573 e. The molecule has 0 bridgehead atoms. The molecule has 0 saturated carbocycles. The zero-order valence-electron chi connectivity index (χ0n) is 15.5. The molecular formula is C20H15F3N2O4S. The number of methoxy groups -OCH3 is 1. The van der Waals surface area contributed by atoms with E-state index < -0.39 is 12.3 Å². The number of hydrogen-bond donors (Lipinski definition) is 1. The zero-order valence-corrected chi connectivity index (χ0v) is 16.3. The van der Waals surface area contributed by atoms with Crippen LogP contribution in [0.3, 0.4) is 0 Å². The van der Waals surface area contributed by atoms with E-state index in [-0.39, 0.29) is 23.6 Å². The summed E-state index contributed by atoms with van der Waals surface area (Å²) in [5.41, 5.74) is 2.20. The second-order valence-corrected chi connectivity index (χ2v) is 6.94. The van der Waals surface area contributed by atoms with Crippen molar-refractivity contribution in [3.8, 4) is 16.9 Å². The maximum absolute atomic E-state index is 12.2. The molecule has 0 aliphatic rings. The average Bonchev–Trinajstić information content (AvgIpc) is 3.15. The van der Waals surface area contributed by atoms with Gasteiger partial charge in [0.05, 0.1) is 24.1 Å². The summed E-state index contributed by atoms with van der Waals surface area (Å²) in [5, 5.41) is 5.10. The number of aromatic nitrogens is 1. The molecule has 1 amide bonds. The van der Waals surface area contributed by atoms with E-state index >= 15 is 0 Å². The van der Waals surface area contributed by atoms with Gasteiger partial charge in [-0.05, 0) is 41.5 Å². The molecule has 3 rings (SSSR count). The first-order valence-electron chi connectivity index (χ1n) is 8.51. The summed E-state index contributed by atoms with van der Waals surface area (Å²) in [7, 11) is 1.27. The largest absolute Gasteiger partial charge is 0.573 e. The molecule has 1 aromatic carbocycles. The number of nitrogens with zero attached hydrogens (tertiary/aromatic N) is 1. The number of halogens is 3. The minimum atomic E-state index is -4.74. The van der Waals surface area contributed by atoms with Gasteiger partial charge in [0.25, 0.3) is 0 Å². The van der Waals surface area contributed by atoms with Gasteiger partial charge in [-0.2, -0.15) is 0 Å². The molecule has 0 aliphatic heterocycles. The quantitative estimate of drug-likeness (QED) is 0.568. The Balaban J connectivity index is 1.59. The summed E-state index contributed by atoms with van der Waals surface area (Å²) in [5.74, 6) is -1.11. The van der Waals surface area contributed by atoms with E-state index in [0.717, 1.165) is 5.56 Å². The number of carbonyl (C=O) groups is 2. The van der Waals surface area contributed by atoms with Gasteiger partial charge in [0.15, 0.2) is 0 Å². The molecule has 0 spiro atoms. The number of amides is 1. The number of rotatable bonds is 6. The van der Waals surface area contributed by atoms with Crippen LogP contribution in [0.2, 0.25) is 0 Å². The van der Waals surface area contributed by atoms with Gasteiger partial charge in [0.1, 0.15) is 5.75 Å². The monoisotopic (exact) mass is 436 g/mol. The van der Waals surface area contributed by atoms with E-state index in [4.69, 9.17) is 0 Å². The molecule has 1 N–H and O–H groups in total. The van der Waals surface area contributed by atoms with Crippen molar-refractivity contribution in [3.05, 3.63) is 65.3 Å². The molecule has 0 aliphatic carbocycles. The Morgan fingerprint density at radius 1 is 1.10 bits per heavy atom. The van der Waals surface area contributed by atoms with Crippen molar-refractivity contribution in [3.63, 3.8) is 0 Å². The highest BCUT2D eigenvalue weighted by Gasteiger charge is 2.30. The number of benzene rings is 1. The fraction of sp³-hybridized carbons (Fsp3) is 0.150. The lowest BCUT2D eigenvalue weighted by Gasteiger charge is -2.08. The van der Waals surface area contributed by atoms with E-state index in [9.17, 15) is 22.8 Å². The lowest BCUT2D eigenvalue weighted by Crippen LogP contribution is -2.16. The first-order chi connectivity index (χ1) is 14.2. The predicted octanol–water partition coefficient (Wildman–Crippen LogP) is 4.68. The summed E-state index contributed by atoms with van der Waals surface area (Å²) >= 11 is 1.28. The number of thiophene rings is 1. The van der Waals surface area contributed by atoms with Crippen molar-refractivity contribution in [2.75, 3.05) is 12.4 Å². The predicted molar refractivity (Wildman–Crippen MR) is 104 cm³/mol. The van der Waals surface area contributed by atoms with Crippen LogP contribution in [0.25, 0.3) is 11.1 Å². The highest BCUT2D eigenvalue weighted by molar-refractivity contribution is 7.14. The van der Waals surface area contributed by atoms with Gasteiger partial charge in [0, 0.05) is 17.3 Å². The van der Waals surface area contributed by atoms with Gasteiger partial charge in [-0.1, -0.05) is 12.1 Å². The Bertz CT molecular complexity index is 1030. The Morgan fingerprint density at radius 2 is 1.83 bits per heavy atom. The Kier molecular flexibility index (Phi) is 6.36. The molecule has 0 fully saturated rings. The first kappa shape index (κ1) is 21.3. The fourth-order valence-electron chi connectivity index (χ4n) is 2.52. The van der Waals surface area contributed by atoms with E-state index in [0.29, 0.717) is 16.3 Å². The standard InChI is InChI=1S/C20H15F3N2O4S/c1-28-19(27)13-2-5-15(24-10-13)9-17(26)25-18-8-14(11-30-18)12-3-6-16(7-4-12)29-20(21,22)23/h2-8,10-11H,9H2,1H3,(H,25,26). The van der Waals surface area contributed by atoms with Gasteiger partial charge < -0.3 is 14.8 Å². The molecule has 156 valence electrons. The van der Waals surface area contributed by atoms with E-state index in [1.807, 2.05) is 0 Å². The van der Waals surface area contributed by atoms with Crippen molar-refractivity contribution < 1.29 is 32.2 Å². The minimum absolute atomic E-state index is 0.0121. The Hall–Kier alpha value is -3.40. The molecule has 3 aromatic rings. The van der Waals surface area contributed by atoms with Gasteiger partial charge in [-0.3, -0.25) is 9.78 Å². The van der Waals surface area contributed by atoms with Crippen molar-refractivity contribution in [1.29, 1.82) is 0 Å². The summed E-state index contributed by atoms with van der Waals surface area (Å²) in [6, 6.07) is 10.3. The van der Waals surface area contributed by atoms with Crippen molar-refractivity contribution >= 4 is 28.2 Å². The maximum atomic E-state index is 12.2. The van der Waals surface area contributed by atoms with E-state index in [1.54, 1.807) is 17.5 Å². The summed E-state index contributed by atoms with van der Waals surface area (Å²) < 4.78 is 45.1. The van der Waals surface area contributed by atoms with Crippen LogP contribution < -0.4 is 10.1 Å². The number of esters is 1. The number of alkyl halides is 3. The normalized spacial score (nSPS) is 11.1. The van der Waals surface area contributed by atoms with Gasteiger partial charge in [-0.15, -0.1) is 24.5 Å². The van der Waals surface area contributed by atoms with Gasteiger partial charge >= 0.3 is 12.3 Å².